The second-order valence-electron chi connectivity index (χ2n) is 6.90. The van der Waals surface area contributed by atoms with Crippen LogP contribution in [0.2, 0.25) is 0 Å². The topological polar surface area (TPSA) is 76.2 Å². The first-order valence-electron chi connectivity index (χ1n) is 8.58. The Hall–Kier alpha value is -3.02. The molecule has 0 saturated heterocycles. The lowest BCUT2D eigenvalue weighted by atomic mass is 9.93. The average Bonchev–Trinajstić information content (AvgIpc) is 3.08. The van der Waals surface area contributed by atoms with Crippen LogP contribution < -0.4 is 0 Å². The molecule has 0 amide bonds. The van der Waals surface area contributed by atoms with Crippen LogP contribution in [-0.2, 0) is 0 Å². The second-order valence-corrected chi connectivity index (χ2v) is 6.90. The van der Waals surface area contributed by atoms with Gasteiger partial charge in [0.05, 0.1) is 11.1 Å². The van der Waals surface area contributed by atoms with Crippen molar-refractivity contribution in [2.45, 2.75) is 41.5 Å². The molecule has 27 heavy (non-hydrogen) atoms. The minimum absolute atomic E-state index is 0.0749. The molecule has 1 heterocycles. The SMILES string of the molecule is Cc1cc(-c2nc(-c3c(C)c(C)cc(C(=O)O)c3C)no2)c(F)c(C)c1C. The van der Waals surface area contributed by atoms with E-state index in [2.05, 4.69) is 10.1 Å². The van der Waals surface area contributed by atoms with Gasteiger partial charge in [0.25, 0.3) is 5.89 Å². The molecule has 0 aliphatic carbocycles. The third-order valence-corrected chi connectivity index (χ3v) is 5.30. The van der Waals surface area contributed by atoms with Gasteiger partial charge in [-0.15, -0.1) is 0 Å². The Kier molecular flexibility index (Phi) is 4.59. The molecule has 1 N–H and O–H groups in total. The predicted molar refractivity (Wildman–Crippen MR) is 101 cm³/mol. The van der Waals surface area contributed by atoms with E-state index in [1.165, 1.54) is 0 Å². The van der Waals surface area contributed by atoms with Crippen molar-refractivity contribution in [3.63, 3.8) is 0 Å². The van der Waals surface area contributed by atoms with Crippen molar-refractivity contribution < 1.29 is 18.8 Å². The van der Waals surface area contributed by atoms with Gasteiger partial charge < -0.3 is 9.63 Å². The first-order valence-corrected chi connectivity index (χ1v) is 8.58. The Balaban J connectivity index is 2.20. The number of hydrogen-bond acceptors (Lipinski definition) is 4. The Morgan fingerprint density at radius 2 is 1.59 bits per heavy atom. The normalized spacial score (nSPS) is 11.1. The van der Waals surface area contributed by atoms with Crippen LogP contribution in [0.1, 0.15) is 43.7 Å². The zero-order valence-electron chi connectivity index (χ0n) is 16.2. The highest BCUT2D eigenvalue weighted by Gasteiger charge is 2.22. The summed E-state index contributed by atoms with van der Waals surface area (Å²) in [6.45, 7) is 10.9. The molecule has 3 rings (SSSR count). The minimum atomic E-state index is -1.02. The van der Waals surface area contributed by atoms with Gasteiger partial charge >= 0.3 is 5.97 Å². The third kappa shape index (κ3) is 3.01. The molecule has 0 atom stereocenters. The van der Waals surface area contributed by atoms with Gasteiger partial charge in [0.15, 0.2) is 0 Å². The highest BCUT2D eigenvalue weighted by molar-refractivity contribution is 5.92. The van der Waals surface area contributed by atoms with Gasteiger partial charge in [-0.05, 0) is 87.1 Å². The van der Waals surface area contributed by atoms with Gasteiger partial charge in [-0.25, -0.2) is 9.18 Å². The molecule has 0 fully saturated rings. The van der Waals surface area contributed by atoms with Crippen LogP contribution >= 0.6 is 0 Å². The van der Waals surface area contributed by atoms with Crippen molar-refractivity contribution >= 4 is 5.97 Å². The van der Waals surface area contributed by atoms with Crippen molar-refractivity contribution in [3.8, 4) is 22.8 Å². The molecule has 1 aromatic heterocycles. The number of hydrogen-bond donors (Lipinski definition) is 1. The van der Waals surface area contributed by atoms with Crippen LogP contribution in [0.3, 0.4) is 0 Å². The first kappa shape index (κ1) is 18.8. The van der Waals surface area contributed by atoms with E-state index >= 15 is 0 Å². The summed E-state index contributed by atoms with van der Waals surface area (Å²) >= 11 is 0. The van der Waals surface area contributed by atoms with E-state index in [4.69, 9.17) is 4.52 Å². The van der Waals surface area contributed by atoms with Crippen molar-refractivity contribution in [2.24, 2.45) is 0 Å². The zero-order valence-corrected chi connectivity index (χ0v) is 16.2. The van der Waals surface area contributed by atoms with Gasteiger partial charge in [-0.1, -0.05) is 5.16 Å². The number of benzene rings is 2. The van der Waals surface area contributed by atoms with Crippen LogP contribution in [0.15, 0.2) is 16.7 Å². The average molecular weight is 368 g/mol. The quantitative estimate of drug-likeness (QED) is 0.697. The Morgan fingerprint density at radius 1 is 0.963 bits per heavy atom. The standard InChI is InChI=1S/C21H21FN2O3/c1-9-8-16(18(22)13(5)11(9)3)20-23-19(24-27-20)17-12(4)10(2)7-15(14(17)6)21(25)26/h7-8H,1-6H3,(H,25,26). The van der Waals surface area contributed by atoms with Crippen molar-refractivity contribution in [1.29, 1.82) is 0 Å². The number of aromatic nitrogens is 2. The summed E-state index contributed by atoms with van der Waals surface area (Å²) in [4.78, 5) is 15.9. The van der Waals surface area contributed by atoms with Gasteiger partial charge in [0, 0.05) is 5.56 Å². The maximum atomic E-state index is 14.7. The van der Waals surface area contributed by atoms with Crippen LogP contribution in [0.4, 0.5) is 4.39 Å². The summed E-state index contributed by atoms with van der Waals surface area (Å²) in [7, 11) is 0. The van der Waals surface area contributed by atoms with Crippen LogP contribution in [0, 0.1) is 47.4 Å². The smallest absolute Gasteiger partial charge is 0.335 e. The number of nitrogens with zero attached hydrogens (tertiary/aromatic N) is 2. The number of aromatic carboxylic acids is 1. The molecule has 0 saturated carbocycles. The molecule has 0 spiro atoms. The van der Waals surface area contributed by atoms with E-state index < -0.39 is 11.8 Å². The lowest BCUT2D eigenvalue weighted by Crippen LogP contribution is -2.05. The lowest BCUT2D eigenvalue weighted by Gasteiger charge is -2.12. The van der Waals surface area contributed by atoms with E-state index in [1.807, 2.05) is 27.7 Å². The summed E-state index contributed by atoms with van der Waals surface area (Å²) < 4.78 is 20.1. The van der Waals surface area contributed by atoms with Crippen molar-refractivity contribution in [1.82, 2.24) is 10.1 Å². The Labute approximate surface area is 156 Å². The highest BCUT2D eigenvalue weighted by Crippen LogP contribution is 2.33. The van der Waals surface area contributed by atoms with Crippen molar-refractivity contribution in [3.05, 3.63) is 56.9 Å². The number of carboxylic acid groups (broad SMARTS) is 1. The Bertz CT molecular complexity index is 1080. The second kappa shape index (κ2) is 6.61. The van der Waals surface area contributed by atoms with Gasteiger partial charge in [-0.2, -0.15) is 4.98 Å². The number of rotatable bonds is 3. The number of aryl methyl sites for hydroxylation is 2. The van der Waals surface area contributed by atoms with Gasteiger partial charge in [0.2, 0.25) is 5.82 Å². The summed E-state index contributed by atoms with van der Waals surface area (Å²) in [5.74, 6) is -1.08. The maximum Gasteiger partial charge on any atom is 0.335 e. The fourth-order valence-corrected chi connectivity index (χ4v) is 3.24. The predicted octanol–water partition coefficient (Wildman–Crippen LogP) is 5.09. The molecular weight excluding hydrogens is 347 g/mol. The lowest BCUT2D eigenvalue weighted by molar-refractivity contribution is 0.0696. The van der Waals surface area contributed by atoms with Gasteiger partial charge in [-0.3, -0.25) is 0 Å². The summed E-state index contributed by atoms with van der Waals surface area (Å²) in [5, 5.41) is 13.4. The fourth-order valence-electron chi connectivity index (χ4n) is 3.24. The zero-order chi connectivity index (χ0) is 20.0. The largest absolute Gasteiger partial charge is 0.478 e. The molecule has 0 unspecified atom stereocenters. The van der Waals surface area contributed by atoms with E-state index in [0.717, 1.165) is 22.3 Å². The maximum absolute atomic E-state index is 14.7. The van der Waals surface area contributed by atoms with Crippen LogP contribution in [-0.4, -0.2) is 21.2 Å². The minimum Gasteiger partial charge on any atom is -0.478 e. The van der Waals surface area contributed by atoms with E-state index in [0.29, 0.717) is 16.7 Å². The van der Waals surface area contributed by atoms with Crippen LogP contribution in [0.25, 0.3) is 22.8 Å². The number of halogens is 1. The molecule has 5 nitrogen and oxygen atoms in total. The fraction of sp³-hybridized carbons (Fsp3) is 0.286. The first-order chi connectivity index (χ1) is 12.6. The number of carboxylic acids is 1. The molecule has 2 aromatic carbocycles. The van der Waals surface area contributed by atoms with E-state index in [-0.39, 0.29) is 22.8 Å². The summed E-state index contributed by atoms with van der Waals surface area (Å²) in [5.41, 5.74) is 5.61. The third-order valence-electron chi connectivity index (χ3n) is 5.30. The molecule has 0 bridgehead atoms. The molecular formula is C21H21FN2O3. The summed E-state index contributed by atoms with van der Waals surface area (Å²) in [6, 6.07) is 3.32. The molecule has 3 aromatic rings. The van der Waals surface area contributed by atoms with E-state index in [9.17, 15) is 14.3 Å². The molecule has 0 aliphatic heterocycles. The summed E-state index contributed by atoms with van der Waals surface area (Å²) in [6.07, 6.45) is 0. The molecule has 0 aliphatic rings. The molecule has 0 radical (unpaired) electrons. The number of carbonyl (C=O) groups is 1. The van der Waals surface area contributed by atoms with Gasteiger partial charge in [0.1, 0.15) is 5.82 Å². The monoisotopic (exact) mass is 368 g/mol. The Morgan fingerprint density at radius 3 is 2.22 bits per heavy atom. The van der Waals surface area contributed by atoms with E-state index in [1.54, 1.807) is 26.0 Å². The highest BCUT2D eigenvalue weighted by atomic mass is 19.1. The van der Waals surface area contributed by atoms with Crippen molar-refractivity contribution in [2.75, 3.05) is 0 Å². The van der Waals surface area contributed by atoms with Crippen LogP contribution in [0.5, 0.6) is 0 Å². The molecule has 140 valence electrons. The molecule has 6 heteroatoms.